The van der Waals surface area contributed by atoms with E-state index >= 15 is 0 Å². The Hall–Kier alpha value is -2.09. The van der Waals surface area contributed by atoms with Gasteiger partial charge < -0.3 is 4.74 Å². The van der Waals surface area contributed by atoms with E-state index in [0.717, 1.165) is 17.6 Å². The van der Waals surface area contributed by atoms with E-state index in [4.69, 9.17) is 4.74 Å². The van der Waals surface area contributed by atoms with Crippen LogP contribution < -0.4 is 0 Å². The predicted octanol–water partition coefficient (Wildman–Crippen LogP) is 5.18. The topological polar surface area (TPSA) is 26.3 Å². The van der Waals surface area contributed by atoms with Gasteiger partial charge in [0.05, 0.1) is 6.42 Å². The maximum atomic E-state index is 11.0. The molecule has 0 heterocycles. The number of ether oxygens (including phenoxy) is 1. The zero-order chi connectivity index (χ0) is 16.1. The van der Waals surface area contributed by atoms with Crippen molar-refractivity contribution in [3.8, 4) is 0 Å². The lowest BCUT2D eigenvalue weighted by Crippen LogP contribution is -2.04. The molecule has 0 aliphatic rings. The predicted molar refractivity (Wildman–Crippen MR) is 91.0 cm³/mol. The summed E-state index contributed by atoms with van der Waals surface area (Å²) < 4.78 is 4.81. The highest BCUT2D eigenvalue weighted by Crippen LogP contribution is 2.08. The Morgan fingerprint density at radius 2 is 1.86 bits per heavy atom. The van der Waals surface area contributed by atoms with E-state index in [2.05, 4.69) is 25.3 Å². The standard InChI is InChI=1S/C10H16O2.C9H10/c1-4-6-9(3)8-10(11)12-7-5-2;1-8(2)9-6-4-3-5-7-9/h5-6H,2,4,7-8H2,1,3H3;3-7H,1H2,2H3. The minimum Gasteiger partial charge on any atom is -0.461 e. The zero-order valence-electron chi connectivity index (χ0n) is 13.4. The molecule has 0 bridgehead atoms. The zero-order valence-corrected chi connectivity index (χ0v) is 13.4. The van der Waals surface area contributed by atoms with Crippen LogP contribution >= 0.6 is 0 Å². The molecule has 0 amide bonds. The van der Waals surface area contributed by atoms with Gasteiger partial charge in [-0.15, -0.1) is 0 Å². The first-order chi connectivity index (χ1) is 10.0. The first-order valence-electron chi connectivity index (χ1n) is 7.14. The van der Waals surface area contributed by atoms with Crippen LogP contribution in [-0.2, 0) is 9.53 Å². The van der Waals surface area contributed by atoms with Crippen LogP contribution in [0.15, 0.2) is 61.2 Å². The van der Waals surface area contributed by atoms with Gasteiger partial charge in [0.25, 0.3) is 0 Å². The summed E-state index contributed by atoms with van der Waals surface area (Å²) in [4.78, 5) is 11.0. The van der Waals surface area contributed by atoms with Gasteiger partial charge in [0.15, 0.2) is 0 Å². The molecule has 1 aromatic carbocycles. The molecule has 0 atom stereocenters. The molecular weight excluding hydrogens is 260 g/mol. The lowest BCUT2D eigenvalue weighted by molar-refractivity contribution is -0.141. The average molecular weight is 286 g/mol. The number of carbonyl (C=O) groups excluding carboxylic acids is 1. The van der Waals surface area contributed by atoms with Crippen molar-refractivity contribution >= 4 is 11.5 Å². The van der Waals surface area contributed by atoms with Crippen LogP contribution in [0, 0.1) is 0 Å². The average Bonchev–Trinajstić information content (AvgIpc) is 2.47. The number of hydrogen-bond donors (Lipinski definition) is 0. The van der Waals surface area contributed by atoms with Crippen LogP contribution in [0.4, 0.5) is 0 Å². The van der Waals surface area contributed by atoms with Crippen LogP contribution in [0.3, 0.4) is 0 Å². The molecule has 0 spiro atoms. The number of rotatable bonds is 6. The molecule has 114 valence electrons. The molecule has 0 aromatic heterocycles. The molecule has 0 unspecified atom stereocenters. The Kier molecular flexibility index (Phi) is 10.5. The van der Waals surface area contributed by atoms with Crippen molar-refractivity contribution in [2.75, 3.05) is 6.61 Å². The van der Waals surface area contributed by atoms with Crippen LogP contribution in [-0.4, -0.2) is 12.6 Å². The van der Waals surface area contributed by atoms with Gasteiger partial charge in [-0.2, -0.15) is 0 Å². The Balaban J connectivity index is 0.000000394. The Labute approximate surface area is 128 Å². The van der Waals surface area contributed by atoms with Crippen molar-refractivity contribution in [2.45, 2.75) is 33.6 Å². The third-order valence-corrected chi connectivity index (χ3v) is 2.60. The fourth-order valence-electron chi connectivity index (χ4n) is 1.57. The smallest absolute Gasteiger partial charge is 0.310 e. The Morgan fingerprint density at radius 3 is 2.29 bits per heavy atom. The second-order valence-corrected chi connectivity index (χ2v) is 4.75. The van der Waals surface area contributed by atoms with Gasteiger partial charge >= 0.3 is 5.97 Å². The Bertz CT molecular complexity index is 470. The molecule has 0 radical (unpaired) electrons. The van der Waals surface area contributed by atoms with E-state index in [9.17, 15) is 4.79 Å². The van der Waals surface area contributed by atoms with E-state index in [1.807, 2.05) is 45.0 Å². The molecule has 1 aromatic rings. The molecular formula is C19H26O2. The van der Waals surface area contributed by atoms with Crippen molar-refractivity contribution in [3.05, 3.63) is 66.8 Å². The molecule has 0 N–H and O–H groups in total. The highest BCUT2D eigenvalue weighted by molar-refractivity contribution is 5.72. The van der Waals surface area contributed by atoms with Crippen LogP contribution in [0.5, 0.6) is 0 Å². The summed E-state index contributed by atoms with van der Waals surface area (Å²) in [5, 5.41) is 0. The normalized spacial score (nSPS) is 10.1. The maximum Gasteiger partial charge on any atom is 0.310 e. The van der Waals surface area contributed by atoms with Gasteiger partial charge in [0, 0.05) is 0 Å². The summed E-state index contributed by atoms with van der Waals surface area (Å²) in [5.41, 5.74) is 3.40. The summed E-state index contributed by atoms with van der Waals surface area (Å²) in [6, 6.07) is 10.2. The van der Waals surface area contributed by atoms with E-state index < -0.39 is 0 Å². The van der Waals surface area contributed by atoms with Crippen molar-refractivity contribution in [1.29, 1.82) is 0 Å². The largest absolute Gasteiger partial charge is 0.461 e. The van der Waals surface area contributed by atoms with Crippen LogP contribution in [0.1, 0.15) is 39.2 Å². The quantitative estimate of drug-likeness (QED) is 0.532. The number of benzene rings is 1. The fourth-order valence-corrected chi connectivity index (χ4v) is 1.57. The van der Waals surface area contributed by atoms with E-state index in [1.165, 1.54) is 5.56 Å². The second-order valence-electron chi connectivity index (χ2n) is 4.75. The molecule has 2 heteroatoms. The number of allylic oxidation sites excluding steroid dienone is 2. The first-order valence-corrected chi connectivity index (χ1v) is 7.14. The maximum absolute atomic E-state index is 11.0. The van der Waals surface area contributed by atoms with Gasteiger partial charge in [-0.05, 0) is 25.8 Å². The van der Waals surface area contributed by atoms with E-state index in [1.54, 1.807) is 6.08 Å². The summed E-state index contributed by atoms with van der Waals surface area (Å²) >= 11 is 0. The van der Waals surface area contributed by atoms with Gasteiger partial charge in [-0.25, -0.2) is 0 Å². The summed E-state index contributed by atoms with van der Waals surface area (Å²) in [7, 11) is 0. The van der Waals surface area contributed by atoms with Crippen molar-refractivity contribution < 1.29 is 9.53 Å². The number of esters is 1. The number of carbonyl (C=O) groups is 1. The summed E-state index contributed by atoms with van der Waals surface area (Å²) in [6.45, 7) is 13.6. The highest BCUT2D eigenvalue weighted by Gasteiger charge is 2.01. The second kappa shape index (κ2) is 11.7. The fraction of sp³-hybridized carbons (Fsp3) is 0.316. The van der Waals surface area contributed by atoms with Gasteiger partial charge in [0.2, 0.25) is 0 Å². The summed E-state index contributed by atoms with van der Waals surface area (Å²) in [6.07, 6.45) is 4.94. The van der Waals surface area contributed by atoms with Gasteiger partial charge in [0.1, 0.15) is 6.61 Å². The third-order valence-electron chi connectivity index (χ3n) is 2.60. The lowest BCUT2D eigenvalue weighted by Gasteiger charge is -2.01. The van der Waals surface area contributed by atoms with E-state index in [-0.39, 0.29) is 5.97 Å². The molecule has 2 nitrogen and oxygen atoms in total. The molecule has 0 saturated heterocycles. The monoisotopic (exact) mass is 286 g/mol. The minimum atomic E-state index is -0.183. The SMILES string of the molecule is C=C(C)c1ccccc1.C=CCOC(=O)CC(C)=CCC. The Morgan fingerprint density at radius 1 is 1.24 bits per heavy atom. The van der Waals surface area contributed by atoms with Crippen molar-refractivity contribution in [3.63, 3.8) is 0 Å². The third kappa shape index (κ3) is 10.4. The van der Waals surface area contributed by atoms with Crippen molar-refractivity contribution in [1.82, 2.24) is 0 Å². The van der Waals surface area contributed by atoms with Crippen LogP contribution in [0.2, 0.25) is 0 Å². The summed E-state index contributed by atoms with van der Waals surface area (Å²) in [5.74, 6) is -0.183. The first kappa shape index (κ1) is 18.9. The van der Waals surface area contributed by atoms with Gasteiger partial charge in [-0.3, -0.25) is 4.79 Å². The molecule has 21 heavy (non-hydrogen) atoms. The minimum absolute atomic E-state index is 0.183. The molecule has 0 aliphatic carbocycles. The molecule has 1 rings (SSSR count). The molecule has 0 aliphatic heterocycles. The van der Waals surface area contributed by atoms with Crippen LogP contribution in [0.25, 0.3) is 5.57 Å². The van der Waals surface area contributed by atoms with Gasteiger partial charge in [-0.1, -0.05) is 73.7 Å². The highest BCUT2D eigenvalue weighted by atomic mass is 16.5. The molecule has 0 saturated carbocycles. The lowest BCUT2D eigenvalue weighted by atomic mass is 10.1. The van der Waals surface area contributed by atoms with Crippen molar-refractivity contribution in [2.24, 2.45) is 0 Å². The van der Waals surface area contributed by atoms with E-state index in [0.29, 0.717) is 13.0 Å². The molecule has 0 fully saturated rings. The number of hydrogen-bond acceptors (Lipinski definition) is 2.